The van der Waals surface area contributed by atoms with Crippen LogP contribution in [0.2, 0.25) is 0 Å². The third kappa shape index (κ3) is 5.50. The summed E-state index contributed by atoms with van der Waals surface area (Å²) >= 11 is 0. The molecule has 1 fully saturated rings. The molecule has 0 saturated carbocycles. The van der Waals surface area contributed by atoms with E-state index >= 15 is 0 Å². The summed E-state index contributed by atoms with van der Waals surface area (Å²) in [4.78, 5) is 14.5. The number of halogens is 1. The van der Waals surface area contributed by atoms with Crippen molar-refractivity contribution in [1.29, 1.82) is 0 Å². The van der Waals surface area contributed by atoms with Gasteiger partial charge in [0, 0.05) is 25.6 Å². The maximum atomic E-state index is 12.4. The molecule has 130 valence electrons. The van der Waals surface area contributed by atoms with Crippen LogP contribution in [0.5, 0.6) is 0 Å². The number of rotatable bonds is 5. The van der Waals surface area contributed by atoms with Gasteiger partial charge in [-0.05, 0) is 42.9 Å². The lowest BCUT2D eigenvalue weighted by molar-refractivity contribution is -0.131. The average molecular weight is 339 g/mol. The Kier molecular flexibility index (Phi) is 7.56. The third-order valence-electron chi connectivity index (χ3n) is 4.58. The second-order valence-corrected chi connectivity index (χ2v) is 7.39. The fraction of sp³-hybridized carbons (Fsp3) is 0.632. The average Bonchev–Trinajstić information content (AvgIpc) is 2.93. The van der Waals surface area contributed by atoms with Crippen LogP contribution in [0.15, 0.2) is 24.3 Å². The molecule has 0 radical (unpaired) electrons. The first-order valence-corrected chi connectivity index (χ1v) is 8.45. The Morgan fingerprint density at radius 2 is 1.91 bits per heavy atom. The summed E-state index contributed by atoms with van der Waals surface area (Å²) in [7, 11) is 1.96. The van der Waals surface area contributed by atoms with Crippen LogP contribution in [0.1, 0.15) is 51.2 Å². The highest BCUT2D eigenvalue weighted by Gasteiger charge is 2.27. The topological polar surface area (TPSA) is 32.3 Å². The predicted octanol–water partition coefficient (Wildman–Crippen LogP) is 3.55. The molecule has 4 heteroatoms. The van der Waals surface area contributed by atoms with E-state index < -0.39 is 0 Å². The smallest absolute Gasteiger partial charge is 0.223 e. The number of nitrogens with zero attached hydrogens (tertiary/aromatic N) is 1. The predicted molar refractivity (Wildman–Crippen MR) is 99.4 cm³/mol. The molecule has 1 unspecified atom stereocenters. The molecule has 1 saturated heterocycles. The van der Waals surface area contributed by atoms with E-state index in [2.05, 4.69) is 55.3 Å². The van der Waals surface area contributed by atoms with Gasteiger partial charge in [0.2, 0.25) is 5.91 Å². The van der Waals surface area contributed by atoms with Gasteiger partial charge in [-0.2, -0.15) is 0 Å². The molecular formula is C19H31ClN2O. The molecule has 0 bridgehead atoms. The summed E-state index contributed by atoms with van der Waals surface area (Å²) < 4.78 is 0. The Morgan fingerprint density at radius 3 is 2.48 bits per heavy atom. The van der Waals surface area contributed by atoms with Gasteiger partial charge in [-0.15, -0.1) is 12.4 Å². The quantitative estimate of drug-likeness (QED) is 0.890. The van der Waals surface area contributed by atoms with Crippen LogP contribution in [0.4, 0.5) is 0 Å². The van der Waals surface area contributed by atoms with E-state index in [0.29, 0.717) is 18.4 Å². The summed E-state index contributed by atoms with van der Waals surface area (Å²) in [6.45, 7) is 8.50. The van der Waals surface area contributed by atoms with E-state index in [1.54, 1.807) is 0 Å². The van der Waals surface area contributed by atoms with Gasteiger partial charge in [0.05, 0.1) is 0 Å². The Morgan fingerprint density at radius 1 is 1.26 bits per heavy atom. The van der Waals surface area contributed by atoms with E-state index in [1.165, 1.54) is 11.1 Å². The zero-order valence-corrected chi connectivity index (χ0v) is 15.7. The lowest BCUT2D eigenvalue weighted by Gasteiger charge is -2.24. The minimum Gasteiger partial charge on any atom is -0.338 e. The molecule has 1 N–H and O–H groups in total. The van der Waals surface area contributed by atoms with Crippen molar-refractivity contribution in [2.75, 3.05) is 20.1 Å². The van der Waals surface area contributed by atoms with E-state index in [0.717, 1.165) is 32.4 Å². The highest BCUT2D eigenvalue weighted by molar-refractivity contribution is 5.85. The standard InChI is InChI=1S/C19H30N2O.ClH/c1-19(2,3)16-10-7-15(8-11-16)9-12-18(22)21-13-5-6-17(21)14-20-4;/h7-8,10-11,17,20H,5-6,9,12-14H2,1-4H3;1H. The largest absolute Gasteiger partial charge is 0.338 e. The number of carbonyl (C=O) groups excluding carboxylic acids is 1. The number of nitrogens with one attached hydrogen (secondary N) is 1. The van der Waals surface area contributed by atoms with Crippen LogP contribution >= 0.6 is 12.4 Å². The van der Waals surface area contributed by atoms with Gasteiger partial charge in [-0.1, -0.05) is 45.0 Å². The van der Waals surface area contributed by atoms with Crippen molar-refractivity contribution in [2.45, 2.75) is 57.9 Å². The number of carbonyl (C=O) groups is 1. The first-order chi connectivity index (χ1) is 10.4. The van der Waals surface area contributed by atoms with Gasteiger partial charge in [0.15, 0.2) is 0 Å². The molecule has 23 heavy (non-hydrogen) atoms. The zero-order valence-electron chi connectivity index (χ0n) is 14.9. The fourth-order valence-electron chi connectivity index (χ4n) is 3.18. The summed E-state index contributed by atoms with van der Waals surface area (Å²) in [5.74, 6) is 0.303. The zero-order chi connectivity index (χ0) is 16.2. The second-order valence-electron chi connectivity index (χ2n) is 7.39. The SMILES string of the molecule is CNCC1CCCN1C(=O)CCc1ccc(C(C)(C)C)cc1.Cl. The van der Waals surface area contributed by atoms with Crippen molar-refractivity contribution in [1.82, 2.24) is 10.2 Å². The van der Waals surface area contributed by atoms with Crippen LogP contribution < -0.4 is 5.32 Å². The van der Waals surface area contributed by atoms with Crippen molar-refractivity contribution in [3.8, 4) is 0 Å². The Bertz CT molecular complexity index is 493. The molecule has 1 aliphatic heterocycles. The summed E-state index contributed by atoms with van der Waals surface area (Å²) in [6, 6.07) is 9.12. The van der Waals surface area contributed by atoms with Gasteiger partial charge in [-0.3, -0.25) is 4.79 Å². The van der Waals surface area contributed by atoms with E-state index in [9.17, 15) is 4.79 Å². The van der Waals surface area contributed by atoms with Crippen LogP contribution in [-0.4, -0.2) is 37.0 Å². The van der Waals surface area contributed by atoms with Gasteiger partial charge in [0.25, 0.3) is 0 Å². The second kappa shape index (κ2) is 8.70. The molecule has 0 aromatic heterocycles. The first-order valence-electron chi connectivity index (χ1n) is 8.45. The summed E-state index contributed by atoms with van der Waals surface area (Å²) in [6.07, 6.45) is 3.73. The minimum absolute atomic E-state index is 0. The Labute approximate surface area is 147 Å². The molecule has 0 aliphatic carbocycles. The molecule has 3 nitrogen and oxygen atoms in total. The normalized spacial score (nSPS) is 17.9. The van der Waals surface area contributed by atoms with E-state index in [4.69, 9.17) is 0 Å². The molecule has 1 aromatic rings. The van der Waals surface area contributed by atoms with Crippen molar-refractivity contribution < 1.29 is 4.79 Å². The van der Waals surface area contributed by atoms with Crippen LogP contribution in [0.25, 0.3) is 0 Å². The van der Waals surface area contributed by atoms with Crippen molar-refractivity contribution in [3.05, 3.63) is 35.4 Å². The molecule has 1 aliphatic rings. The van der Waals surface area contributed by atoms with Gasteiger partial charge in [-0.25, -0.2) is 0 Å². The lowest BCUT2D eigenvalue weighted by atomic mass is 9.86. The molecule has 1 amide bonds. The Hall–Kier alpha value is -1.06. The van der Waals surface area contributed by atoms with Crippen molar-refractivity contribution in [2.24, 2.45) is 0 Å². The molecular weight excluding hydrogens is 308 g/mol. The number of likely N-dealkylation sites (N-methyl/N-ethyl adjacent to an activating group) is 1. The molecule has 2 rings (SSSR count). The number of aryl methyl sites for hydroxylation is 1. The maximum Gasteiger partial charge on any atom is 0.223 e. The van der Waals surface area contributed by atoms with Gasteiger partial charge < -0.3 is 10.2 Å². The highest BCUT2D eigenvalue weighted by Crippen LogP contribution is 2.23. The number of amides is 1. The van der Waals surface area contributed by atoms with Gasteiger partial charge in [0.1, 0.15) is 0 Å². The number of likely N-dealkylation sites (tertiary alicyclic amines) is 1. The van der Waals surface area contributed by atoms with Crippen LogP contribution in [0, 0.1) is 0 Å². The van der Waals surface area contributed by atoms with Crippen LogP contribution in [0.3, 0.4) is 0 Å². The number of hydrogen-bond acceptors (Lipinski definition) is 2. The molecule has 1 aromatic carbocycles. The van der Waals surface area contributed by atoms with Crippen molar-refractivity contribution >= 4 is 18.3 Å². The molecule has 1 heterocycles. The molecule has 0 spiro atoms. The highest BCUT2D eigenvalue weighted by atomic mass is 35.5. The number of hydrogen-bond donors (Lipinski definition) is 1. The molecule has 1 atom stereocenters. The summed E-state index contributed by atoms with van der Waals surface area (Å²) in [5.41, 5.74) is 2.78. The number of benzene rings is 1. The minimum atomic E-state index is 0. The summed E-state index contributed by atoms with van der Waals surface area (Å²) in [5, 5.41) is 3.19. The lowest BCUT2D eigenvalue weighted by Crippen LogP contribution is -2.40. The third-order valence-corrected chi connectivity index (χ3v) is 4.58. The first kappa shape index (κ1) is 20.0. The van der Waals surface area contributed by atoms with E-state index in [1.807, 2.05) is 7.05 Å². The van der Waals surface area contributed by atoms with Crippen molar-refractivity contribution in [3.63, 3.8) is 0 Å². The maximum absolute atomic E-state index is 12.4. The Balaban J connectivity index is 0.00000264. The fourth-order valence-corrected chi connectivity index (χ4v) is 3.18. The van der Waals surface area contributed by atoms with E-state index in [-0.39, 0.29) is 17.8 Å². The van der Waals surface area contributed by atoms with Gasteiger partial charge >= 0.3 is 0 Å². The van der Waals surface area contributed by atoms with Crippen LogP contribution in [-0.2, 0) is 16.6 Å². The monoisotopic (exact) mass is 338 g/mol.